The predicted molar refractivity (Wildman–Crippen MR) is 114 cm³/mol. The SMILES string of the molecule is CN1N=C(SCCCc2ccc(C(F)(F)P(=O)(O)O)c(Br)c2)OC1c1ccncc1. The summed E-state index contributed by atoms with van der Waals surface area (Å²) in [7, 11) is -3.78. The Labute approximate surface area is 184 Å². The van der Waals surface area contributed by atoms with Gasteiger partial charge >= 0.3 is 13.3 Å². The third-order valence-corrected chi connectivity index (χ3v) is 6.89. The molecule has 1 aromatic heterocycles. The first kappa shape index (κ1) is 23.1. The second kappa shape index (κ2) is 9.32. The van der Waals surface area contributed by atoms with E-state index in [1.807, 2.05) is 19.2 Å². The quantitative estimate of drug-likeness (QED) is 0.403. The zero-order valence-electron chi connectivity index (χ0n) is 15.8. The summed E-state index contributed by atoms with van der Waals surface area (Å²) in [4.78, 5) is 21.8. The number of ether oxygens (including phenoxy) is 1. The van der Waals surface area contributed by atoms with Crippen LogP contribution in [0, 0.1) is 0 Å². The highest BCUT2D eigenvalue weighted by Gasteiger charge is 2.51. The van der Waals surface area contributed by atoms with Gasteiger partial charge in [0.05, 0.1) is 0 Å². The van der Waals surface area contributed by atoms with E-state index in [2.05, 4.69) is 26.0 Å². The van der Waals surface area contributed by atoms with E-state index in [1.165, 1.54) is 23.9 Å². The lowest BCUT2D eigenvalue weighted by Crippen LogP contribution is -2.15. The molecule has 0 spiro atoms. The average Bonchev–Trinajstić information content (AvgIpc) is 3.05. The van der Waals surface area contributed by atoms with Crippen LogP contribution in [-0.2, 0) is 21.4 Å². The number of hydrogen-bond acceptors (Lipinski definition) is 6. The summed E-state index contributed by atoms with van der Waals surface area (Å²) in [5.41, 5.74) is -3.25. The van der Waals surface area contributed by atoms with E-state index in [4.69, 9.17) is 14.5 Å². The van der Waals surface area contributed by atoms with Crippen LogP contribution in [0.1, 0.15) is 29.3 Å². The second-order valence-corrected chi connectivity index (χ2v) is 10.1. The van der Waals surface area contributed by atoms with Crippen molar-refractivity contribution in [1.82, 2.24) is 9.99 Å². The number of hydrazone groups is 1. The largest absolute Gasteiger partial charge is 0.442 e. The van der Waals surface area contributed by atoms with Gasteiger partial charge in [-0.3, -0.25) is 14.6 Å². The molecule has 0 radical (unpaired) electrons. The van der Waals surface area contributed by atoms with Crippen molar-refractivity contribution >= 4 is 40.5 Å². The summed E-state index contributed by atoms with van der Waals surface area (Å²) < 4.78 is 44.7. The highest BCUT2D eigenvalue weighted by molar-refractivity contribution is 9.10. The van der Waals surface area contributed by atoms with Crippen LogP contribution in [0.4, 0.5) is 8.78 Å². The lowest BCUT2D eigenvalue weighted by molar-refractivity contribution is 0.0557. The van der Waals surface area contributed by atoms with E-state index in [0.29, 0.717) is 17.4 Å². The van der Waals surface area contributed by atoms with Gasteiger partial charge in [0.1, 0.15) is 0 Å². The Morgan fingerprint density at radius 2 is 2.00 bits per heavy atom. The van der Waals surface area contributed by atoms with Crippen LogP contribution < -0.4 is 0 Å². The molecule has 0 fully saturated rings. The van der Waals surface area contributed by atoms with E-state index in [1.54, 1.807) is 17.4 Å². The number of benzene rings is 1. The van der Waals surface area contributed by atoms with E-state index < -0.39 is 18.8 Å². The molecular formula is C18H19BrF2N3O4PS. The van der Waals surface area contributed by atoms with Crippen LogP contribution in [-0.4, -0.2) is 37.8 Å². The molecule has 2 aromatic rings. The molecule has 2 heterocycles. The van der Waals surface area contributed by atoms with Crippen LogP contribution >= 0.6 is 35.3 Å². The third-order valence-electron chi connectivity index (χ3n) is 4.34. The van der Waals surface area contributed by atoms with Crippen LogP contribution in [0.2, 0.25) is 0 Å². The van der Waals surface area contributed by atoms with Crippen molar-refractivity contribution in [3.05, 3.63) is 63.9 Å². The van der Waals surface area contributed by atoms with Crippen molar-refractivity contribution in [2.75, 3.05) is 12.8 Å². The maximum atomic E-state index is 13.9. The predicted octanol–water partition coefficient (Wildman–Crippen LogP) is 4.67. The number of halogens is 3. The van der Waals surface area contributed by atoms with Gasteiger partial charge in [-0.1, -0.05) is 39.8 Å². The van der Waals surface area contributed by atoms with Gasteiger partial charge in [0.15, 0.2) is 0 Å². The van der Waals surface area contributed by atoms with Gasteiger partial charge < -0.3 is 14.5 Å². The highest BCUT2D eigenvalue weighted by atomic mass is 79.9. The number of pyridine rings is 1. The summed E-state index contributed by atoms with van der Waals surface area (Å²) in [5, 5.41) is 6.66. The minimum absolute atomic E-state index is 0.0358. The lowest BCUT2D eigenvalue weighted by Gasteiger charge is -2.19. The molecule has 1 aromatic carbocycles. The van der Waals surface area contributed by atoms with Crippen molar-refractivity contribution in [2.24, 2.45) is 5.10 Å². The zero-order valence-corrected chi connectivity index (χ0v) is 19.1. The second-order valence-electron chi connectivity index (χ2n) is 6.54. The first-order valence-corrected chi connectivity index (χ1v) is 12.2. The molecular weight excluding hydrogens is 503 g/mol. The monoisotopic (exact) mass is 521 g/mol. The number of aromatic nitrogens is 1. The first-order valence-electron chi connectivity index (χ1n) is 8.83. The smallest absolute Gasteiger partial charge is 0.399 e. The van der Waals surface area contributed by atoms with Crippen molar-refractivity contribution < 1.29 is 27.9 Å². The summed E-state index contributed by atoms with van der Waals surface area (Å²) >= 11 is 4.45. The number of hydrogen-bond donors (Lipinski definition) is 2. The van der Waals surface area contributed by atoms with Crippen molar-refractivity contribution in [3.8, 4) is 0 Å². The maximum Gasteiger partial charge on any atom is 0.399 e. The molecule has 0 amide bonds. The van der Waals surface area contributed by atoms with E-state index in [9.17, 15) is 13.3 Å². The molecule has 1 atom stereocenters. The fraction of sp³-hybridized carbons (Fsp3) is 0.333. The van der Waals surface area contributed by atoms with Crippen LogP contribution in [0.3, 0.4) is 0 Å². The number of nitrogens with zero attached hydrogens (tertiary/aromatic N) is 3. The molecule has 0 bridgehead atoms. The Morgan fingerprint density at radius 3 is 2.63 bits per heavy atom. The Morgan fingerprint density at radius 1 is 1.30 bits per heavy atom. The van der Waals surface area contributed by atoms with E-state index in [0.717, 1.165) is 23.6 Å². The summed E-state index contributed by atoms with van der Waals surface area (Å²) in [5.74, 6) is 0.702. The first-order chi connectivity index (χ1) is 14.1. The van der Waals surface area contributed by atoms with Gasteiger partial charge in [0.2, 0.25) is 6.23 Å². The van der Waals surface area contributed by atoms with Crippen molar-refractivity contribution in [3.63, 3.8) is 0 Å². The Kier molecular flexibility index (Phi) is 7.19. The van der Waals surface area contributed by atoms with Gasteiger partial charge in [0, 0.05) is 40.8 Å². The van der Waals surface area contributed by atoms with E-state index in [-0.39, 0.29) is 10.7 Å². The van der Waals surface area contributed by atoms with Crippen LogP contribution in [0.5, 0.6) is 0 Å². The zero-order chi connectivity index (χ0) is 21.9. The van der Waals surface area contributed by atoms with Gasteiger partial charge in [-0.15, -0.1) is 5.10 Å². The molecule has 12 heteroatoms. The molecule has 0 aliphatic carbocycles. The normalized spacial score (nSPS) is 17.1. The highest BCUT2D eigenvalue weighted by Crippen LogP contribution is 2.60. The standard InChI is InChI=1S/C18H19BrF2N3O4PS/c1-24-16(13-6-8-22-9-7-13)28-17(23-24)30-10-2-3-12-4-5-14(15(19)11-12)18(20,21)29(25,26)27/h4-9,11,16H,2-3,10H2,1H3,(H2,25,26,27). The summed E-state index contributed by atoms with van der Waals surface area (Å²) in [6.07, 6.45) is 4.42. The van der Waals surface area contributed by atoms with Crippen LogP contribution in [0.25, 0.3) is 0 Å². The third kappa shape index (κ3) is 5.20. The van der Waals surface area contributed by atoms with Crippen molar-refractivity contribution in [1.29, 1.82) is 0 Å². The minimum atomic E-state index is -5.60. The fourth-order valence-electron chi connectivity index (χ4n) is 2.80. The Balaban J connectivity index is 1.51. The van der Waals surface area contributed by atoms with Gasteiger partial charge in [-0.2, -0.15) is 8.78 Å². The van der Waals surface area contributed by atoms with Gasteiger partial charge in [0.25, 0.3) is 5.23 Å². The molecule has 1 unspecified atom stereocenters. The molecule has 30 heavy (non-hydrogen) atoms. The molecule has 0 saturated heterocycles. The molecule has 7 nitrogen and oxygen atoms in total. The minimum Gasteiger partial charge on any atom is -0.442 e. The topological polar surface area (TPSA) is 95.3 Å². The van der Waals surface area contributed by atoms with Gasteiger partial charge in [-0.25, -0.2) is 0 Å². The summed E-state index contributed by atoms with van der Waals surface area (Å²) in [6.45, 7) is 0. The molecule has 162 valence electrons. The van der Waals surface area contributed by atoms with Crippen molar-refractivity contribution in [2.45, 2.75) is 24.7 Å². The summed E-state index contributed by atoms with van der Waals surface area (Å²) in [6, 6.07) is 7.68. The molecule has 1 aliphatic heterocycles. The molecule has 1 aliphatic rings. The number of thioether (sulfide) groups is 1. The molecule has 0 saturated carbocycles. The number of aryl methyl sites for hydroxylation is 1. The fourth-order valence-corrected chi connectivity index (χ4v) is 4.95. The average molecular weight is 522 g/mol. The Bertz CT molecular complexity index is 977. The molecule has 3 rings (SSSR count). The van der Waals surface area contributed by atoms with Crippen LogP contribution in [0.15, 0.2) is 52.3 Å². The van der Waals surface area contributed by atoms with Gasteiger partial charge in [-0.05, 0) is 36.6 Å². The number of rotatable bonds is 7. The number of alkyl halides is 2. The molecule has 2 N–H and O–H groups in total. The van der Waals surface area contributed by atoms with E-state index >= 15 is 0 Å². The maximum absolute atomic E-state index is 13.9. The Hall–Kier alpha value is -1.52. The lowest BCUT2D eigenvalue weighted by atomic mass is 10.1.